The minimum Gasteiger partial charge on any atom is -0.0842 e. The molecule has 0 bridgehead atoms. The van der Waals surface area contributed by atoms with Crippen molar-refractivity contribution in [1.29, 1.82) is 0 Å². The first kappa shape index (κ1) is 12.3. The molecule has 0 aliphatic heterocycles. The number of benzene rings is 2. The number of hydrogen-bond acceptors (Lipinski definition) is 0. The number of rotatable bonds is 0. The highest BCUT2D eigenvalue weighted by atomic mass is 35.5. The van der Waals surface area contributed by atoms with Crippen LogP contribution in [0.5, 0.6) is 0 Å². The average Bonchev–Trinajstić information content (AvgIpc) is 2.29. The van der Waals surface area contributed by atoms with Crippen LogP contribution in [-0.2, 0) is 0 Å². The Hall–Kier alpha value is -1.13. The quantitative estimate of drug-likeness (QED) is 0.593. The molecule has 84 valence electrons. The van der Waals surface area contributed by atoms with Gasteiger partial charge >= 0.3 is 0 Å². The van der Waals surface area contributed by atoms with Gasteiger partial charge in [0.15, 0.2) is 0 Å². The molecular formula is C14H7Cl3. The molecule has 0 aliphatic rings. The Kier molecular flexibility index (Phi) is 3.97. The largest absolute Gasteiger partial charge is 0.0842 e. The van der Waals surface area contributed by atoms with Crippen LogP contribution in [0.4, 0.5) is 0 Å². The van der Waals surface area contributed by atoms with E-state index in [9.17, 15) is 0 Å². The lowest BCUT2D eigenvalue weighted by molar-refractivity contribution is 1.62. The highest BCUT2D eigenvalue weighted by Gasteiger charge is 2.04. The summed E-state index contributed by atoms with van der Waals surface area (Å²) < 4.78 is 0. The van der Waals surface area contributed by atoms with Crippen molar-refractivity contribution in [2.75, 3.05) is 0 Å². The minimum absolute atomic E-state index is 0.464. The zero-order valence-corrected chi connectivity index (χ0v) is 10.9. The van der Waals surface area contributed by atoms with Crippen LogP contribution >= 0.6 is 34.8 Å². The zero-order valence-electron chi connectivity index (χ0n) is 8.68. The van der Waals surface area contributed by atoms with Gasteiger partial charge in [0.25, 0.3) is 0 Å². The van der Waals surface area contributed by atoms with Crippen molar-refractivity contribution in [3.8, 4) is 11.8 Å². The Balaban J connectivity index is 2.41. The molecule has 0 radical (unpaired) electrons. The maximum Gasteiger partial charge on any atom is 0.0622 e. The van der Waals surface area contributed by atoms with Crippen LogP contribution in [0.1, 0.15) is 11.1 Å². The first-order chi connectivity index (χ1) is 8.16. The van der Waals surface area contributed by atoms with E-state index in [0.717, 1.165) is 5.56 Å². The fourth-order valence-electron chi connectivity index (χ4n) is 1.32. The molecule has 3 heteroatoms. The normalized spacial score (nSPS) is 9.59. The molecule has 0 aromatic heterocycles. The van der Waals surface area contributed by atoms with Crippen LogP contribution < -0.4 is 0 Å². The monoisotopic (exact) mass is 280 g/mol. The molecule has 2 rings (SSSR count). The Bertz CT molecular complexity index is 569. The molecule has 2 aromatic rings. The first-order valence-electron chi connectivity index (χ1n) is 4.88. The van der Waals surface area contributed by atoms with Gasteiger partial charge in [-0.1, -0.05) is 64.8 Å². The molecule has 2 aromatic carbocycles. The molecule has 0 saturated heterocycles. The highest BCUT2D eigenvalue weighted by molar-refractivity contribution is 6.39. The van der Waals surface area contributed by atoms with Crippen LogP contribution in [0.3, 0.4) is 0 Å². The maximum absolute atomic E-state index is 6.03. The minimum atomic E-state index is 0.464. The molecule has 17 heavy (non-hydrogen) atoms. The summed E-state index contributed by atoms with van der Waals surface area (Å²) in [6.45, 7) is 0. The second-order valence-electron chi connectivity index (χ2n) is 3.36. The van der Waals surface area contributed by atoms with Crippen LogP contribution in [-0.4, -0.2) is 0 Å². The van der Waals surface area contributed by atoms with Crippen molar-refractivity contribution in [2.24, 2.45) is 0 Å². The molecular weight excluding hydrogens is 275 g/mol. The average molecular weight is 282 g/mol. The van der Waals surface area contributed by atoms with E-state index in [-0.39, 0.29) is 0 Å². The van der Waals surface area contributed by atoms with E-state index in [2.05, 4.69) is 11.8 Å². The standard InChI is InChI=1S/C14H7Cl3/c15-11-8-13(16)12(14(17)9-11)7-6-10-4-2-1-3-5-10/h1-5,8-9H. The molecule has 0 nitrogen and oxygen atoms in total. The number of hydrogen-bond donors (Lipinski definition) is 0. The molecule has 0 N–H and O–H groups in total. The van der Waals surface area contributed by atoms with E-state index in [0.29, 0.717) is 20.6 Å². The van der Waals surface area contributed by atoms with Crippen molar-refractivity contribution in [2.45, 2.75) is 0 Å². The summed E-state index contributed by atoms with van der Waals surface area (Å²) in [6.07, 6.45) is 0. The summed E-state index contributed by atoms with van der Waals surface area (Å²) in [6, 6.07) is 12.9. The fraction of sp³-hybridized carbons (Fsp3) is 0. The predicted octanol–water partition coefficient (Wildman–Crippen LogP) is 5.05. The van der Waals surface area contributed by atoms with Gasteiger partial charge in [-0.3, -0.25) is 0 Å². The van der Waals surface area contributed by atoms with Gasteiger partial charge in [-0.05, 0) is 24.3 Å². The smallest absolute Gasteiger partial charge is 0.0622 e. The van der Waals surface area contributed by atoms with Crippen molar-refractivity contribution in [3.05, 3.63) is 68.7 Å². The molecule has 0 fully saturated rings. The molecule has 0 saturated carbocycles. The summed E-state index contributed by atoms with van der Waals surface area (Å²) >= 11 is 17.9. The topological polar surface area (TPSA) is 0 Å². The second-order valence-corrected chi connectivity index (χ2v) is 4.61. The lowest BCUT2D eigenvalue weighted by Gasteiger charge is -2.00. The summed E-state index contributed by atoms with van der Waals surface area (Å²) in [5.41, 5.74) is 1.51. The first-order valence-corrected chi connectivity index (χ1v) is 6.02. The third kappa shape index (κ3) is 3.17. The zero-order chi connectivity index (χ0) is 12.3. The summed E-state index contributed by atoms with van der Waals surface area (Å²) in [5, 5.41) is 1.43. The fourth-order valence-corrected chi connectivity index (χ4v) is 2.23. The van der Waals surface area contributed by atoms with E-state index in [1.165, 1.54) is 0 Å². The predicted molar refractivity (Wildman–Crippen MR) is 73.9 cm³/mol. The van der Waals surface area contributed by atoms with E-state index in [4.69, 9.17) is 34.8 Å². The molecule has 0 amide bonds. The maximum atomic E-state index is 6.03. The van der Waals surface area contributed by atoms with E-state index < -0.39 is 0 Å². The van der Waals surface area contributed by atoms with Crippen molar-refractivity contribution in [3.63, 3.8) is 0 Å². The van der Waals surface area contributed by atoms with Crippen molar-refractivity contribution >= 4 is 34.8 Å². The van der Waals surface area contributed by atoms with Gasteiger partial charge in [-0.25, -0.2) is 0 Å². The van der Waals surface area contributed by atoms with E-state index in [1.54, 1.807) is 12.1 Å². The summed E-state index contributed by atoms with van der Waals surface area (Å²) in [7, 11) is 0. The second kappa shape index (κ2) is 5.47. The van der Waals surface area contributed by atoms with E-state index in [1.807, 2.05) is 30.3 Å². The van der Waals surface area contributed by atoms with Gasteiger partial charge in [0.05, 0.1) is 15.6 Å². The van der Waals surface area contributed by atoms with Gasteiger partial charge in [0.2, 0.25) is 0 Å². The van der Waals surface area contributed by atoms with Crippen LogP contribution in [0.15, 0.2) is 42.5 Å². The van der Waals surface area contributed by atoms with Crippen molar-refractivity contribution < 1.29 is 0 Å². The van der Waals surface area contributed by atoms with Crippen LogP contribution in [0, 0.1) is 11.8 Å². The van der Waals surface area contributed by atoms with Crippen LogP contribution in [0.25, 0.3) is 0 Å². The van der Waals surface area contributed by atoms with Gasteiger partial charge in [0, 0.05) is 10.6 Å². The molecule has 0 unspecified atom stereocenters. The van der Waals surface area contributed by atoms with Gasteiger partial charge in [-0.2, -0.15) is 0 Å². The third-order valence-corrected chi connectivity index (χ3v) is 2.93. The lowest BCUT2D eigenvalue weighted by Crippen LogP contribution is -1.81. The summed E-state index contributed by atoms with van der Waals surface area (Å²) in [4.78, 5) is 0. The Morgan fingerprint density at radius 3 is 1.94 bits per heavy atom. The SMILES string of the molecule is Clc1cc(Cl)c(C#Cc2ccccc2)c(Cl)c1. The Labute approximate surface area is 115 Å². The van der Waals surface area contributed by atoms with Gasteiger partial charge in [-0.15, -0.1) is 0 Å². The van der Waals surface area contributed by atoms with Gasteiger partial charge < -0.3 is 0 Å². The lowest BCUT2D eigenvalue weighted by atomic mass is 10.2. The molecule has 0 aliphatic carbocycles. The third-order valence-electron chi connectivity index (χ3n) is 2.11. The van der Waals surface area contributed by atoms with E-state index >= 15 is 0 Å². The summed E-state index contributed by atoms with van der Waals surface area (Å²) in [5.74, 6) is 5.95. The number of halogens is 3. The highest BCUT2D eigenvalue weighted by Crippen LogP contribution is 2.28. The van der Waals surface area contributed by atoms with Crippen LogP contribution in [0.2, 0.25) is 15.1 Å². The molecule has 0 spiro atoms. The Morgan fingerprint density at radius 1 is 0.765 bits per heavy atom. The molecule has 0 heterocycles. The molecule has 0 atom stereocenters. The van der Waals surface area contributed by atoms with Gasteiger partial charge in [0.1, 0.15) is 0 Å². The van der Waals surface area contributed by atoms with Crippen molar-refractivity contribution in [1.82, 2.24) is 0 Å². The Morgan fingerprint density at radius 2 is 1.35 bits per heavy atom.